The molecule has 0 aromatic heterocycles. The first-order valence-corrected chi connectivity index (χ1v) is 2.37. The van der Waals surface area contributed by atoms with Gasteiger partial charge in [-0.15, -0.1) is 0 Å². The number of carbonyl (C=O) groups is 2. The second kappa shape index (κ2) is 3.86. The fourth-order valence-corrected chi connectivity index (χ4v) is 0.300. The maximum Gasteiger partial charge on any atom is 0.622 e. The second-order valence-electron chi connectivity index (χ2n) is 1.45. The zero-order valence-electron chi connectivity index (χ0n) is 4.98. The number of rotatable bonds is 3. The van der Waals surface area contributed by atoms with Gasteiger partial charge < -0.3 is 20.4 Å². The van der Waals surface area contributed by atoms with E-state index in [1.54, 1.807) is 0 Å². The Labute approximate surface area is 56.7 Å². The molecule has 0 rings (SSSR count). The van der Waals surface area contributed by atoms with Crippen LogP contribution < -0.4 is 5.64 Å². The van der Waals surface area contributed by atoms with Crippen LogP contribution in [0.2, 0.25) is 0 Å². The fourth-order valence-electron chi connectivity index (χ4n) is 0.300. The van der Waals surface area contributed by atoms with Gasteiger partial charge in [0.25, 0.3) is 0 Å². The van der Waals surface area contributed by atoms with Gasteiger partial charge in [-0.2, -0.15) is 0 Å². The number of hydrogen-bond donors (Lipinski definition) is 3. The van der Waals surface area contributed by atoms with Crippen molar-refractivity contribution < 1.29 is 24.4 Å². The summed E-state index contributed by atoms with van der Waals surface area (Å²) >= 11 is 0. The molecule has 0 aliphatic heterocycles. The molecule has 0 bridgehead atoms. The van der Waals surface area contributed by atoms with Gasteiger partial charge in [0.15, 0.2) is 0 Å². The molecule has 0 unspecified atom stereocenters. The SMILES string of the molecule is NB(O)OC(=O)CC(=O)O. The minimum Gasteiger partial charge on any atom is -0.496 e. The van der Waals surface area contributed by atoms with E-state index in [1.807, 2.05) is 0 Å². The van der Waals surface area contributed by atoms with E-state index < -0.39 is 25.6 Å². The van der Waals surface area contributed by atoms with Crippen LogP contribution in [0.25, 0.3) is 0 Å². The van der Waals surface area contributed by atoms with E-state index in [9.17, 15) is 9.59 Å². The lowest BCUT2D eigenvalue weighted by Crippen LogP contribution is -2.33. The van der Waals surface area contributed by atoms with Crippen LogP contribution in [-0.4, -0.2) is 29.3 Å². The third-order valence-electron chi connectivity index (χ3n) is 0.548. The first-order chi connectivity index (χ1) is 4.52. The average Bonchev–Trinajstić information content (AvgIpc) is 1.58. The summed E-state index contributed by atoms with van der Waals surface area (Å²) < 4.78 is 3.87. The van der Waals surface area contributed by atoms with Crippen molar-refractivity contribution in [2.24, 2.45) is 5.64 Å². The van der Waals surface area contributed by atoms with Gasteiger partial charge in [0.05, 0.1) is 0 Å². The number of hydrogen-bond acceptors (Lipinski definition) is 5. The molecule has 10 heavy (non-hydrogen) atoms. The van der Waals surface area contributed by atoms with Gasteiger partial charge in [-0.25, -0.2) is 0 Å². The molecule has 4 N–H and O–H groups in total. The first-order valence-electron chi connectivity index (χ1n) is 2.37. The monoisotopic (exact) mass is 147 g/mol. The number of carboxylic acid groups (broad SMARTS) is 1. The summed E-state index contributed by atoms with van der Waals surface area (Å²) in [5.41, 5.74) is 4.59. The third kappa shape index (κ3) is 5.07. The summed E-state index contributed by atoms with van der Waals surface area (Å²) in [6, 6.07) is 0. The normalized spacial score (nSPS) is 8.60. The lowest BCUT2D eigenvalue weighted by atomic mass is 10.2. The van der Waals surface area contributed by atoms with E-state index in [1.165, 1.54) is 0 Å². The van der Waals surface area contributed by atoms with Crippen molar-refractivity contribution in [1.29, 1.82) is 0 Å². The molecule has 0 aliphatic carbocycles. The van der Waals surface area contributed by atoms with Crippen LogP contribution in [-0.2, 0) is 14.2 Å². The van der Waals surface area contributed by atoms with Crippen molar-refractivity contribution in [3.05, 3.63) is 0 Å². The quantitative estimate of drug-likeness (QED) is 0.312. The molecule has 0 aliphatic rings. The van der Waals surface area contributed by atoms with E-state index >= 15 is 0 Å². The molecule has 56 valence electrons. The minimum absolute atomic E-state index is 0.797. The molecule has 0 atom stereocenters. The maximum absolute atomic E-state index is 10.2. The van der Waals surface area contributed by atoms with Crippen molar-refractivity contribution in [2.45, 2.75) is 6.42 Å². The number of aliphatic carboxylic acids is 1. The Morgan fingerprint density at radius 2 is 2.10 bits per heavy atom. The standard InChI is InChI=1S/C3H6BNO5/c5-4(9)10-3(8)1-2(6)7/h9H,1,5H2,(H,6,7). The first kappa shape index (κ1) is 8.92. The highest BCUT2D eigenvalue weighted by Gasteiger charge is 2.15. The Morgan fingerprint density at radius 3 is 2.40 bits per heavy atom. The van der Waals surface area contributed by atoms with Gasteiger partial charge in [-0.1, -0.05) is 0 Å². The van der Waals surface area contributed by atoms with Crippen molar-refractivity contribution in [3.8, 4) is 0 Å². The summed E-state index contributed by atoms with van der Waals surface area (Å²) in [5, 5.41) is 16.2. The van der Waals surface area contributed by atoms with Crippen molar-refractivity contribution in [3.63, 3.8) is 0 Å². The highest BCUT2D eigenvalue weighted by molar-refractivity contribution is 6.41. The molecule has 0 radical (unpaired) electrons. The highest BCUT2D eigenvalue weighted by Crippen LogP contribution is 1.84. The van der Waals surface area contributed by atoms with Crippen LogP contribution in [0, 0.1) is 0 Å². The van der Waals surface area contributed by atoms with Gasteiger partial charge in [-0.05, 0) is 0 Å². The third-order valence-corrected chi connectivity index (χ3v) is 0.548. The average molecular weight is 147 g/mol. The lowest BCUT2D eigenvalue weighted by Gasteiger charge is -1.99. The predicted octanol–water partition coefficient (Wildman–Crippen LogP) is -2.06. The van der Waals surface area contributed by atoms with Crippen LogP contribution in [0.1, 0.15) is 6.42 Å². The fraction of sp³-hybridized carbons (Fsp3) is 0.333. The van der Waals surface area contributed by atoms with Crippen LogP contribution in [0.4, 0.5) is 0 Å². The number of carbonyl (C=O) groups excluding carboxylic acids is 1. The van der Waals surface area contributed by atoms with Gasteiger partial charge in [0, 0.05) is 0 Å². The van der Waals surface area contributed by atoms with E-state index in [2.05, 4.69) is 10.3 Å². The molecule has 0 amide bonds. The van der Waals surface area contributed by atoms with Gasteiger partial charge in [0.1, 0.15) is 6.42 Å². The Bertz CT molecular complexity index is 146. The molecular formula is C3H6BNO5. The Hall–Kier alpha value is -1.08. The van der Waals surface area contributed by atoms with Gasteiger partial charge in [0.2, 0.25) is 0 Å². The van der Waals surface area contributed by atoms with Gasteiger partial charge in [-0.3, -0.25) is 9.59 Å². The molecule has 7 heteroatoms. The molecule has 0 saturated heterocycles. The largest absolute Gasteiger partial charge is 0.622 e. The van der Waals surface area contributed by atoms with E-state index in [4.69, 9.17) is 10.1 Å². The van der Waals surface area contributed by atoms with Crippen molar-refractivity contribution in [1.82, 2.24) is 0 Å². The van der Waals surface area contributed by atoms with Gasteiger partial charge >= 0.3 is 19.2 Å². The van der Waals surface area contributed by atoms with Crippen molar-refractivity contribution in [2.75, 3.05) is 0 Å². The Balaban J connectivity index is 3.54. The summed E-state index contributed by atoms with van der Waals surface area (Å²) in [6.07, 6.45) is -0.797. The van der Waals surface area contributed by atoms with Crippen molar-refractivity contribution >= 4 is 19.2 Å². The summed E-state index contributed by atoms with van der Waals surface area (Å²) in [4.78, 5) is 20.0. The molecule has 0 saturated carbocycles. The Kier molecular flexibility index (Phi) is 3.44. The van der Waals surface area contributed by atoms with Crippen LogP contribution >= 0.6 is 0 Å². The predicted molar refractivity (Wildman–Crippen MR) is 30.5 cm³/mol. The Morgan fingerprint density at radius 1 is 1.60 bits per heavy atom. The van der Waals surface area contributed by atoms with Crippen LogP contribution in [0.5, 0.6) is 0 Å². The minimum atomic E-state index is -1.74. The summed E-state index contributed by atoms with van der Waals surface area (Å²) in [5.74, 6) is -2.40. The lowest BCUT2D eigenvalue weighted by molar-refractivity contribution is -0.146. The second-order valence-corrected chi connectivity index (χ2v) is 1.45. The smallest absolute Gasteiger partial charge is 0.496 e. The number of carboxylic acids is 1. The van der Waals surface area contributed by atoms with Crippen LogP contribution in [0.3, 0.4) is 0 Å². The molecule has 0 aromatic carbocycles. The molecule has 0 aromatic rings. The maximum atomic E-state index is 10.2. The molecule has 6 nitrogen and oxygen atoms in total. The summed E-state index contributed by atoms with van der Waals surface area (Å²) in [6.45, 7) is 0. The zero-order chi connectivity index (χ0) is 8.15. The highest BCUT2D eigenvalue weighted by atomic mass is 16.6. The summed E-state index contributed by atoms with van der Waals surface area (Å²) in [7, 11) is -1.74. The van der Waals surface area contributed by atoms with Crippen LogP contribution in [0.15, 0.2) is 0 Å². The van der Waals surface area contributed by atoms with E-state index in [0.29, 0.717) is 0 Å². The topological polar surface area (TPSA) is 110 Å². The number of nitrogens with two attached hydrogens (primary N) is 1. The molecule has 0 spiro atoms. The zero-order valence-corrected chi connectivity index (χ0v) is 4.98. The molecule has 0 heterocycles. The molecule has 0 fully saturated rings. The van der Waals surface area contributed by atoms with E-state index in [0.717, 1.165) is 0 Å². The molecular weight excluding hydrogens is 141 g/mol. The van der Waals surface area contributed by atoms with E-state index in [-0.39, 0.29) is 0 Å².